The van der Waals surface area contributed by atoms with Crippen molar-refractivity contribution >= 4 is 5.91 Å². The molecule has 0 bridgehead atoms. The number of hydrogen-bond donors (Lipinski definition) is 2. The number of aliphatic hydroxyl groups excluding tert-OH is 1. The maximum atomic E-state index is 12.2. The molecule has 4 heteroatoms. The Kier molecular flexibility index (Phi) is 5.37. The van der Waals surface area contributed by atoms with Gasteiger partial charge in [-0.25, -0.2) is 0 Å². The molecule has 1 heterocycles. The summed E-state index contributed by atoms with van der Waals surface area (Å²) in [6, 6.07) is 10.3. The largest absolute Gasteiger partial charge is 0.383 e. The van der Waals surface area contributed by atoms with Crippen molar-refractivity contribution in [2.24, 2.45) is 5.73 Å². The third kappa shape index (κ3) is 3.44. The SMILES string of the molecule is CCC[C@H](O)C(=O)N1CCC(CN)(c2ccccc2)CC1. The Labute approximate surface area is 126 Å². The van der Waals surface area contributed by atoms with Gasteiger partial charge in [0.2, 0.25) is 0 Å². The number of nitrogens with zero attached hydrogens (tertiary/aromatic N) is 1. The predicted molar refractivity (Wildman–Crippen MR) is 83.9 cm³/mol. The van der Waals surface area contributed by atoms with Crippen molar-refractivity contribution in [3.8, 4) is 0 Å². The number of carbonyl (C=O) groups excluding carboxylic acids is 1. The number of rotatable bonds is 5. The van der Waals surface area contributed by atoms with E-state index in [1.165, 1.54) is 5.56 Å². The molecular formula is C17H26N2O2. The van der Waals surface area contributed by atoms with Gasteiger partial charge in [0.15, 0.2) is 0 Å². The Balaban J connectivity index is 2.03. The van der Waals surface area contributed by atoms with Crippen LogP contribution in [0.1, 0.15) is 38.2 Å². The van der Waals surface area contributed by atoms with E-state index in [9.17, 15) is 9.90 Å². The van der Waals surface area contributed by atoms with E-state index >= 15 is 0 Å². The molecule has 1 fully saturated rings. The molecule has 0 spiro atoms. The van der Waals surface area contributed by atoms with E-state index in [-0.39, 0.29) is 11.3 Å². The van der Waals surface area contributed by atoms with Gasteiger partial charge in [0.1, 0.15) is 6.10 Å². The van der Waals surface area contributed by atoms with Crippen molar-refractivity contribution in [2.45, 2.75) is 44.1 Å². The summed E-state index contributed by atoms with van der Waals surface area (Å²) in [5, 5.41) is 9.86. The lowest BCUT2D eigenvalue weighted by molar-refractivity contribution is -0.142. The summed E-state index contributed by atoms with van der Waals surface area (Å²) in [7, 11) is 0. The molecule has 116 valence electrons. The molecule has 0 radical (unpaired) electrons. The van der Waals surface area contributed by atoms with Crippen LogP contribution < -0.4 is 5.73 Å². The van der Waals surface area contributed by atoms with Gasteiger partial charge in [0, 0.05) is 25.0 Å². The van der Waals surface area contributed by atoms with Gasteiger partial charge in [-0.15, -0.1) is 0 Å². The van der Waals surface area contributed by atoms with Gasteiger partial charge in [-0.3, -0.25) is 4.79 Å². The highest BCUT2D eigenvalue weighted by Gasteiger charge is 2.37. The third-order valence-electron chi connectivity index (χ3n) is 4.66. The highest BCUT2D eigenvalue weighted by Crippen LogP contribution is 2.34. The standard InChI is InChI=1S/C17H26N2O2/c1-2-6-15(20)16(21)19-11-9-17(13-18,10-12-19)14-7-4-3-5-8-14/h3-5,7-8,15,20H,2,6,9-13,18H2,1H3/t15-/m0/s1. The van der Waals surface area contributed by atoms with Crippen LogP contribution in [0, 0.1) is 0 Å². The molecule has 21 heavy (non-hydrogen) atoms. The lowest BCUT2D eigenvalue weighted by Gasteiger charge is -2.42. The maximum Gasteiger partial charge on any atom is 0.251 e. The first-order chi connectivity index (χ1) is 10.1. The van der Waals surface area contributed by atoms with Crippen LogP contribution in [0.2, 0.25) is 0 Å². The van der Waals surface area contributed by atoms with Gasteiger partial charge in [-0.2, -0.15) is 0 Å². The number of aliphatic hydroxyl groups is 1. The second-order valence-electron chi connectivity index (χ2n) is 5.98. The second kappa shape index (κ2) is 7.05. The fourth-order valence-corrected chi connectivity index (χ4v) is 3.17. The number of hydrogen-bond acceptors (Lipinski definition) is 3. The molecule has 0 unspecified atom stereocenters. The zero-order chi connectivity index (χ0) is 15.3. The molecule has 2 rings (SSSR count). The minimum atomic E-state index is -0.850. The summed E-state index contributed by atoms with van der Waals surface area (Å²) in [6.45, 7) is 3.91. The van der Waals surface area contributed by atoms with Gasteiger partial charge in [-0.05, 0) is 24.8 Å². The predicted octanol–water partition coefficient (Wildman–Crippen LogP) is 1.67. The van der Waals surface area contributed by atoms with E-state index < -0.39 is 6.10 Å². The average Bonchev–Trinajstić information content (AvgIpc) is 2.55. The number of benzene rings is 1. The normalized spacial score (nSPS) is 19.3. The van der Waals surface area contributed by atoms with Crippen molar-refractivity contribution in [1.82, 2.24) is 4.90 Å². The van der Waals surface area contributed by atoms with Crippen LogP contribution >= 0.6 is 0 Å². The van der Waals surface area contributed by atoms with Gasteiger partial charge in [0.25, 0.3) is 5.91 Å². The monoisotopic (exact) mass is 290 g/mol. The number of amides is 1. The lowest BCUT2D eigenvalue weighted by atomic mass is 9.73. The summed E-state index contributed by atoms with van der Waals surface area (Å²) in [4.78, 5) is 14.0. The molecule has 3 N–H and O–H groups in total. The van der Waals surface area contributed by atoms with Crippen LogP contribution in [-0.4, -0.2) is 41.7 Å². The first-order valence-electron chi connectivity index (χ1n) is 7.85. The molecule has 0 saturated carbocycles. The lowest BCUT2D eigenvalue weighted by Crippen LogP contribution is -2.50. The summed E-state index contributed by atoms with van der Waals surface area (Å²) in [5.41, 5.74) is 7.27. The Bertz CT molecular complexity index is 453. The molecule has 1 aromatic rings. The van der Waals surface area contributed by atoms with Crippen molar-refractivity contribution < 1.29 is 9.90 Å². The van der Waals surface area contributed by atoms with Gasteiger partial charge < -0.3 is 15.7 Å². The van der Waals surface area contributed by atoms with Crippen molar-refractivity contribution in [3.05, 3.63) is 35.9 Å². The van der Waals surface area contributed by atoms with Crippen LogP contribution in [0.15, 0.2) is 30.3 Å². The molecule has 1 aliphatic heterocycles. The Morgan fingerprint density at radius 1 is 1.33 bits per heavy atom. The van der Waals surface area contributed by atoms with Gasteiger partial charge >= 0.3 is 0 Å². The fourth-order valence-electron chi connectivity index (χ4n) is 3.17. The first kappa shape index (κ1) is 16.0. The van der Waals surface area contributed by atoms with Crippen LogP contribution in [-0.2, 0) is 10.2 Å². The second-order valence-corrected chi connectivity index (χ2v) is 5.98. The smallest absolute Gasteiger partial charge is 0.251 e. The number of nitrogens with two attached hydrogens (primary N) is 1. The minimum Gasteiger partial charge on any atom is -0.383 e. The van der Waals surface area contributed by atoms with E-state index in [2.05, 4.69) is 12.1 Å². The van der Waals surface area contributed by atoms with Crippen molar-refractivity contribution in [3.63, 3.8) is 0 Å². The fraction of sp³-hybridized carbons (Fsp3) is 0.588. The topological polar surface area (TPSA) is 66.6 Å². The van der Waals surface area contributed by atoms with E-state index in [0.717, 1.165) is 19.3 Å². The quantitative estimate of drug-likeness (QED) is 0.867. The molecule has 0 aromatic heterocycles. The Morgan fingerprint density at radius 2 is 1.95 bits per heavy atom. The molecule has 1 amide bonds. The summed E-state index contributed by atoms with van der Waals surface area (Å²) >= 11 is 0. The minimum absolute atomic E-state index is 0.0340. The third-order valence-corrected chi connectivity index (χ3v) is 4.66. The number of likely N-dealkylation sites (tertiary alicyclic amines) is 1. The first-order valence-corrected chi connectivity index (χ1v) is 7.85. The van der Waals surface area contributed by atoms with Crippen LogP contribution in [0.3, 0.4) is 0 Å². The average molecular weight is 290 g/mol. The molecule has 1 atom stereocenters. The Hall–Kier alpha value is -1.39. The summed E-state index contributed by atoms with van der Waals surface area (Å²) in [6.07, 6.45) is 2.22. The summed E-state index contributed by atoms with van der Waals surface area (Å²) < 4.78 is 0. The zero-order valence-corrected chi connectivity index (χ0v) is 12.8. The maximum absolute atomic E-state index is 12.2. The van der Waals surface area contributed by atoms with Crippen LogP contribution in [0.5, 0.6) is 0 Å². The molecule has 1 saturated heterocycles. The highest BCUT2D eigenvalue weighted by atomic mass is 16.3. The molecule has 1 aromatic carbocycles. The number of piperidine rings is 1. The molecule has 1 aliphatic rings. The van der Waals surface area contributed by atoms with Crippen molar-refractivity contribution in [2.75, 3.05) is 19.6 Å². The molecular weight excluding hydrogens is 264 g/mol. The van der Waals surface area contributed by atoms with E-state index in [0.29, 0.717) is 26.1 Å². The Morgan fingerprint density at radius 3 is 2.48 bits per heavy atom. The van der Waals surface area contributed by atoms with E-state index in [4.69, 9.17) is 5.73 Å². The van der Waals surface area contributed by atoms with E-state index in [1.54, 1.807) is 4.90 Å². The molecule has 0 aliphatic carbocycles. The van der Waals surface area contributed by atoms with E-state index in [1.807, 2.05) is 25.1 Å². The number of carbonyl (C=O) groups is 1. The summed E-state index contributed by atoms with van der Waals surface area (Å²) in [5.74, 6) is -0.129. The van der Waals surface area contributed by atoms with Crippen LogP contribution in [0.25, 0.3) is 0 Å². The zero-order valence-electron chi connectivity index (χ0n) is 12.8. The molecule has 4 nitrogen and oxygen atoms in total. The van der Waals surface area contributed by atoms with Crippen molar-refractivity contribution in [1.29, 1.82) is 0 Å². The van der Waals surface area contributed by atoms with Gasteiger partial charge in [-0.1, -0.05) is 43.7 Å². The van der Waals surface area contributed by atoms with Crippen LogP contribution in [0.4, 0.5) is 0 Å². The van der Waals surface area contributed by atoms with Gasteiger partial charge in [0.05, 0.1) is 0 Å². The highest BCUT2D eigenvalue weighted by molar-refractivity contribution is 5.80.